The molecule has 2 aliphatic heterocycles. The predicted octanol–water partition coefficient (Wildman–Crippen LogP) is 1.21. The van der Waals surface area contributed by atoms with E-state index in [1.807, 2.05) is 13.8 Å². The van der Waals surface area contributed by atoms with Gasteiger partial charge in [-0.15, -0.1) is 0 Å². The second-order valence-electron chi connectivity index (χ2n) is 6.27. The number of anilines is 2. The molecule has 29 heavy (non-hydrogen) atoms. The summed E-state index contributed by atoms with van der Waals surface area (Å²) in [5.74, 6) is 1.72. The predicted molar refractivity (Wildman–Crippen MR) is 110 cm³/mol. The number of benzene rings is 1. The number of carbonyl (C=O) groups is 1. The van der Waals surface area contributed by atoms with Crippen LogP contribution in [0.4, 0.5) is 11.9 Å². The zero-order valence-corrected chi connectivity index (χ0v) is 17.0. The summed E-state index contributed by atoms with van der Waals surface area (Å²) in [6.45, 7) is 6.30. The number of hydrogen-bond donors (Lipinski definition) is 2. The van der Waals surface area contributed by atoms with Crippen LogP contribution in [0.25, 0.3) is 0 Å². The zero-order valence-electron chi connectivity index (χ0n) is 16.1. The van der Waals surface area contributed by atoms with Crippen LogP contribution in [0.3, 0.4) is 0 Å². The third-order valence-corrected chi connectivity index (χ3v) is 4.61. The number of hydrazine groups is 1. The van der Waals surface area contributed by atoms with Crippen molar-refractivity contribution in [1.29, 1.82) is 0 Å². The van der Waals surface area contributed by atoms with E-state index in [4.69, 9.17) is 21.7 Å². The number of carbonyl (C=O) groups excluding carboxylic acids is 1. The summed E-state index contributed by atoms with van der Waals surface area (Å²) < 4.78 is 12.8. The van der Waals surface area contributed by atoms with E-state index >= 15 is 0 Å². The Labute approximate surface area is 172 Å². The number of ether oxygens (including phenoxy) is 2. The van der Waals surface area contributed by atoms with Gasteiger partial charge in [0.05, 0.1) is 6.54 Å². The molecule has 0 spiro atoms. The van der Waals surface area contributed by atoms with E-state index < -0.39 is 0 Å². The van der Waals surface area contributed by atoms with Gasteiger partial charge in [-0.25, -0.2) is 5.01 Å². The number of nitrogens with zero attached hydrogens (tertiary/aromatic N) is 5. The smallest absolute Gasteiger partial charge is 0.277 e. The summed E-state index contributed by atoms with van der Waals surface area (Å²) >= 11 is 5.48. The minimum Gasteiger partial charge on any atom is -0.486 e. The van der Waals surface area contributed by atoms with Gasteiger partial charge in [0.1, 0.15) is 18.2 Å². The summed E-state index contributed by atoms with van der Waals surface area (Å²) in [6, 6.07) is 5.07. The van der Waals surface area contributed by atoms with Crippen LogP contribution in [0, 0.1) is 0 Å². The van der Waals surface area contributed by atoms with Crippen LogP contribution >= 0.6 is 12.2 Å². The number of thiocarbonyl (C=S) groups is 1. The Hall–Kier alpha value is -3.21. The van der Waals surface area contributed by atoms with Crippen molar-refractivity contribution < 1.29 is 14.3 Å². The van der Waals surface area contributed by atoms with Gasteiger partial charge in [-0.2, -0.15) is 9.97 Å². The van der Waals surface area contributed by atoms with E-state index in [0.717, 1.165) is 0 Å². The SMILES string of the molecule is CCN=c1nc(NCC)nc2n1CC(=S)N(C(=O)c1ccc3c(c1)OCCO3)N2. The average molecular weight is 415 g/mol. The largest absolute Gasteiger partial charge is 0.486 e. The van der Waals surface area contributed by atoms with Crippen LogP contribution in [0.2, 0.25) is 0 Å². The molecular weight excluding hydrogens is 394 g/mol. The van der Waals surface area contributed by atoms with Crippen LogP contribution in [0.15, 0.2) is 23.2 Å². The molecule has 0 saturated carbocycles. The fraction of sp³-hybridized carbons (Fsp3) is 0.389. The molecule has 0 unspecified atom stereocenters. The molecule has 1 aromatic heterocycles. The molecule has 0 radical (unpaired) electrons. The quantitative estimate of drug-likeness (QED) is 0.718. The minimum atomic E-state index is -0.309. The Morgan fingerprint density at radius 1 is 1.28 bits per heavy atom. The lowest BCUT2D eigenvalue weighted by molar-refractivity contribution is 0.0863. The maximum absolute atomic E-state index is 13.1. The van der Waals surface area contributed by atoms with Crippen LogP contribution in [-0.2, 0) is 6.54 Å². The molecule has 1 aromatic carbocycles. The maximum Gasteiger partial charge on any atom is 0.277 e. The molecule has 0 bridgehead atoms. The molecule has 10 nitrogen and oxygen atoms in total. The lowest BCUT2D eigenvalue weighted by atomic mass is 10.1. The van der Waals surface area contributed by atoms with Gasteiger partial charge < -0.3 is 14.8 Å². The van der Waals surface area contributed by atoms with E-state index in [-0.39, 0.29) is 12.5 Å². The number of aromatic nitrogens is 3. The Kier molecular flexibility index (Phi) is 5.30. The van der Waals surface area contributed by atoms with Gasteiger partial charge in [-0.1, -0.05) is 12.2 Å². The van der Waals surface area contributed by atoms with Gasteiger partial charge >= 0.3 is 0 Å². The highest BCUT2D eigenvalue weighted by molar-refractivity contribution is 7.80. The molecule has 0 atom stereocenters. The van der Waals surface area contributed by atoms with Gasteiger partial charge in [0.15, 0.2) is 11.5 Å². The monoisotopic (exact) mass is 415 g/mol. The lowest BCUT2D eigenvalue weighted by Crippen LogP contribution is -2.50. The lowest BCUT2D eigenvalue weighted by Gasteiger charge is -2.31. The van der Waals surface area contributed by atoms with Crippen molar-refractivity contribution in [3.63, 3.8) is 0 Å². The maximum atomic E-state index is 13.1. The van der Waals surface area contributed by atoms with Crippen molar-refractivity contribution in [3.05, 3.63) is 29.4 Å². The molecule has 152 valence electrons. The van der Waals surface area contributed by atoms with Gasteiger partial charge in [0.25, 0.3) is 5.91 Å². The molecule has 1 amide bonds. The molecule has 2 aromatic rings. The summed E-state index contributed by atoms with van der Waals surface area (Å²) in [5, 5.41) is 4.39. The standard InChI is InChI=1S/C18H21N7O3S/c1-3-19-16-21-17(20-4-2)24-10-14(29)25(23-18(24)22-16)15(26)11-5-6-12-13(9-11)28-8-7-27-12/h5-6,9H,3-4,7-8,10H2,1-2H3,(H2,19,20,21,22,23). The molecule has 2 aliphatic rings. The summed E-state index contributed by atoms with van der Waals surface area (Å²) in [4.78, 5) is 26.8. The van der Waals surface area contributed by atoms with Crippen LogP contribution in [0.1, 0.15) is 24.2 Å². The molecule has 4 rings (SSSR count). The normalized spacial score (nSPS) is 15.6. The first-order valence-corrected chi connectivity index (χ1v) is 9.78. The average Bonchev–Trinajstić information content (AvgIpc) is 2.73. The van der Waals surface area contributed by atoms with Crippen LogP contribution in [-0.4, -0.2) is 56.7 Å². The molecule has 0 fully saturated rings. The number of rotatable bonds is 4. The molecule has 0 aliphatic carbocycles. The van der Waals surface area contributed by atoms with E-state index in [2.05, 4.69) is 25.7 Å². The van der Waals surface area contributed by atoms with Gasteiger partial charge in [0, 0.05) is 18.7 Å². The highest BCUT2D eigenvalue weighted by Crippen LogP contribution is 2.31. The second-order valence-corrected chi connectivity index (χ2v) is 6.74. The molecular formula is C18H21N7O3S. The third-order valence-electron chi connectivity index (χ3n) is 4.30. The highest BCUT2D eigenvalue weighted by Gasteiger charge is 2.28. The van der Waals surface area contributed by atoms with Gasteiger partial charge in [0.2, 0.25) is 17.5 Å². The van der Waals surface area contributed by atoms with Crippen molar-refractivity contribution in [2.75, 3.05) is 37.0 Å². The third kappa shape index (κ3) is 3.73. The van der Waals surface area contributed by atoms with E-state index in [9.17, 15) is 4.79 Å². The first-order valence-electron chi connectivity index (χ1n) is 9.37. The van der Waals surface area contributed by atoms with E-state index in [1.54, 1.807) is 22.8 Å². The first kappa shape index (κ1) is 19.1. The number of amides is 1. The van der Waals surface area contributed by atoms with E-state index in [0.29, 0.717) is 65.9 Å². The molecule has 0 saturated heterocycles. The van der Waals surface area contributed by atoms with Crippen LogP contribution in [0.5, 0.6) is 11.5 Å². The molecule has 3 heterocycles. The first-order chi connectivity index (χ1) is 14.1. The summed E-state index contributed by atoms with van der Waals surface area (Å²) in [5.41, 5.74) is 3.93. The number of fused-ring (bicyclic) bond motifs is 2. The van der Waals surface area contributed by atoms with E-state index in [1.165, 1.54) is 5.01 Å². The molecule has 2 N–H and O–H groups in total. The van der Waals surface area contributed by atoms with Gasteiger partial charge in [-0.05, 0) is 32.0 Å². The van der Waals surface area contributed by atoms with Crippen molar-refractivity contribution in [3.8, 4) is 11.5 Å². The Balaban J connectivity index is 1.67. The van der Waals surface area contributed by atoms with Crippen molar-refractivity contribution in [2.24, 2.45) is 4.99 Å². The fourth-order valence-electron chi connectivity index (χ4n) is 3.00. The zero-order chi connectivity index (χ0) is 20.4. The number of hydrogen-bond acceptors (Lipinski definition) is 9. The van der Waals surface area contributed by atoms with Crippen LogP contribution < -0.4 is 25.8 Å². The van der Waals surface area contributed by atoms with Crippen molar-refractivity contribution >= 4 is 35.0 Å². The molecule has 11 heteroatoms. The van der Waals surface area contributed by atoms with Crippen molar-refractivity contribution in [1.82, 2.24) is 19.5 Å². The topological polar surface area (TPSA) is 106 Å². The van der Waals surface area contributed by atoms with Gasteiger partial charge in [-0.3, -0.25) is 19.8 Å². The Bertz CT molecular complexity index is 1040. The second kappa shape index (κ2) is 8.03. The Morgan fingerprint density at radius 2 is 2.07 bits per heavy atom. The number of nitrogens with one attached hydrogen (secondary N) is 2. The summed E-state index contributed by atoms with van der Waals surface area (Å²) in [7, 11) is 0. The Morgan fingerprint density at radius 3 is 2.83 bits per heavy atom. The summed E-state index contributed by atoms with van der Waals surface area (Å²) in [6.07, 6.45) is 0. The minimum absolute atomic E-state index is 0.263. The fourth-order valence-corrected chi connectivity index (χ4v) is 3.26. The van der Waals surface area contributed by atoms with Crippen molar-refractivity contribution in [2.45, 2.75) is 20.4 Å². The highest BCUT2D eigenvalue weighted by atomic mass is 32.1.